The summed E-state index contributed by atoms with van der Waals surface area (Å²) in [4.78, 5) is 12.2. The summed E-state index contributed by atoms with van der Waals surface area (Å²) in [6.07, 6.45) is 10.1. The molecule has 0 radical (unpaired) electrons. The number of carbonyl (C=O) groups is 1. The van der Waals surface area contributed by atoms with Gasteiger partial charge in [0.15, 0.2) is 0 Å². The summed E-state index contributed by atoms with van der Waals surface area (Å²) in [6, 6.07) is 10.6. The summed E-state index contributed by atoms with van der Waals surface area (Å²) >= 11 is 0. The first-order valence-electron chi connectivity index (χ1n) is 12.8. The Morgan fingerprint density at radius 3 is 1.84 bits per heavy atom. The Labute approximate surface area is 194 Å². The second-order valence-corrected chi connectivity index (χ2v) is 10.1. The largest absolute Gasteiger partial charge is 0.380 e. The zero-order valence-electron chi connectivity index (χ0n) is 21.9. The van der Waals surface area contributed by atoms with E-state index in [4.69, 9.17) is 0 Å². The fourth-order valence-corrected chi connectivity index (χ4v) is 4.02. The topological polar surface area (TPSA) is 32.3 Å². The summed E-state index contributed by atoms with van der Waals surface area (Å²) in [7, 11) is 0. The van der Waals surface area contributed by atoms with Gasteiger partial charge in [0.25, 0.3) is 0 Å². The van der Waals surface area contributed by atoms with Crippen LogP contribution in [0.1, 0.15) is 100 Å². The molecule has 0 bridgehead atoms. The maximum absolute atomic E-state index is 10.4. The molecule has 0 atom stereocenters. The van der Waals surface area contributed by atoms with Gasteiger partial charge in [0.2, 0.25) is 6.41 Å². The smallest absolute Gasteiger partial charge is 0.209 e. The molecule has 0 unspecified atom stereocenters. The lowest BCUT2D eigenvalue weighted by atomic mass is 9.83. The predicted molar refractivity (Wildman–Crippen MR) is 139 cm³/mol. The SMILES string of the molecule is CC.CC(C)C.CC(C)C1CCN(C=O)CC1.CC1(Nc2ccccc2)CCCCC1. The van der Waals surface area contributed by atoms with E-state index in [1.54, 1.807) is 0 Å². The van der Waals surface area contributed by atoms with Crippen molar-refractivity contribution in [1.82, 2.24) is 4.90 Å². The van der Waals surface area contributed by atoms with Crippen LogP contribution in [0.3, 0.4) is 0 Å². The van der Waals surface area contributed by atoms with Gasteiger partial charge in [-0.15, -0.1) is 0 Å². The summed E-state index contributed by atoms with van der Waals surface area (Å²) in [5.74, 6) is 2.45. The maximum atomic E-state index is 10.4. The number of amides is 1. The number of para-hydroxylation sites is 1. The minimum Gasteiger partial charge on any atom is -0.380 e. The lowest BCUT2D eigenvalue weighted by molar-refractivity contribution is -0.119. The van der Waals surface area contributed by atoms with Gasteiger partial charge in [-0.2, -0.15) is 0 Å². The van der Waals surface area contributed by atoms with Crippen LogP contribution in [0.15, 0.2) is 30.3 Å². The van der Waals surface area contributed by atoms with Crippen molar-refractivity contribution in [2.45, 2.75) is 106 Å². The number of likely N-dealkylation sites (tertiary alicyclic amines) is 1. The Bertz CT molecular complexity index is 524. The van der Waals surface area contributed by atoms with Gasteiger partial charge in [-0.05, 0) is 62.5 Å². The van der Waals surface area contributed by atoms with E-state index in [0.29, 0.717) is 5.54 Å². The van der Waals surface area contributed by atoms with E-state index < -0.39 is 0 Å². The zero-order chi connectivity index (χ0) is 23.7. The molecule has 2 aliphatic rings. The van der Waals surface area contributed by atoms with Crippen LogP contribution in [0.5, 0.6) is 0 Å². The van der Waals surface area contributed by atoms with E-state index in [0.717, 1.165) is 37.3 Å². The molecule has 31 heavy (non-hydrogen) atoms. The molecule has 3 heteroatoms. The molecule has 2 fully saturated rings. The first-order chi connectivity index (χ1) is 14.8. The number of benzene rings is 1. The van der Waals surface area contributed by atoms with Gasteiger partial charge in [-0.3, -0.25) is 4.79 Å². The van der Waals surface area contributed by atoms with Crippen molar-refractivity contribution in [3.8, 4) is 0 Å². The minimum absolute atomic E-state index is 0.333. The van der Waals surface area contributed by atoms with Gasteiger partial charge < -0.3 is 10.2 Å². The average molecular weight is 433 g/mol. The van der Waals surface area contributed by atoms with Crippen LogP contribution in [0.4, 0.5) is 5.69 Å². The first kappa shape index (κ1) is 29.5. The highest BCUT2D eigenvalue weighted by molar-refractivity contribution is 5.47. The third kappa shape index (κ3) is 14.2. The van der Waals surface area contributed by atoms with E-state index in [9.17, 15) is 4.79 Å². The summed E-state index contributed by atoms with van der Waals surface area (Å²) < 4.78 is 0. The van der Waals surface area contributed by atoms with Gasteiger partial charge in [0.05, 0.1) is 0 Å². The molecular formula is C28H52N2O. The Balaban J connectivity index is 0.000000473. The molecule has 3 rings (SSSR count). The molecule has 1 saturated heterocycles. The van der Waals surface area contributed by atoms with Gasteiger partial charge in [0, 0.05) is 24.3 Å². The fraction of sp³-hybridized carbons (Fsp3) is 0.750. The summed E-state index contributed by atoms with van der Waals surface area (Å²) in [5.41, 5.74) is 1.59. The van der Waals surface area contributed by atoms with Crippen molar-refractivity contribution >= 4 is 12.1 Å². The maximum Gasteiger partial charge on any atom is 0.209 e. The molecule has 1 aliphatic carbocycles. The van der Waals surface area contributed by atoms with Crippen molar-refractivity contribution in [1.29, 1.82) is 0 Å². The minimum atomic E-state index is 0.333. The van der Waals surface area contributed by atoms with Crippen LogP contribution in [0.2, 0.25) is 0 Å². The number of anilines is 1. The quantitative estimate of drug-likeness (QED) is 0.488. The molecule has 1 amide bonds. The van der Waals surface area contributed by atoms with E-state index in [-0.39, 0.29) is 0 Å². The number of rotatable bonds is 4. The van der Waals surface area contributed by atoms with Crippen molar-refractivity contribution in [3.05, 3.63) is 30.3 Å². The Kier molecular flexibility index (Phi) is 16.3. The number of hydrogen-bond acceptors (Lipinski definition) is 2. The highest BCUT2D eigenvalue weighted by Crippen LogP contribution is 2.30. The third-order valence-corrected chi connectivity index (χ3v) is 5.84. The standard InChI is InChI=1S/C13H19N.C9H17NO.C4H10.C2H6/c1-13(10-6-3-7-11-13)14-12-8-4-2-5-9-12;1-8(2)9-3-5-10(7-11)6-4-9;1-4(2)3;1-2/h2,4-5,8-9,14H,3,6-7,10-11H2,1H3;7-9H,3-6H2,1-2H3;4H,1-3H3;1-2H3. The molecule has 180 valence electrons. The Hall–Kier alpha value is -1.51. The first-order valence-corrected chi connectivity index (χ1v) is 12.8. The van der Waals surface area contributed by atoms with E-state index in [1.165, 1.54) is 50.6 Å². The van der Waals surface area contributed by atoms with Crippen LogP contribution in [-0.2, 0) is 4.79 Å². The second kappa shape index (κ2) is 17.1. The van der Waals surface area contributed by atoms with E-state index >= 15 is 0 Å². The van der Waals surface area contributed by atoms with Crippen molar-refractivity contribution < 1.29 is 4.79 Å². The number of hydrogen-bond donors (Lipinski definition) is 1. The number of nitrogens with one attached hydrogen (secondary N) is 1. The molecule has 3 nitrogen and oxygen atoms in total. The lowest BCUT2D eigenvalue weighted by Gasteiger charge is -2.35. The Morgan fingerprint density at radius 2 is 1.42 bits per heavy atom. The van der Waals surface area contributed by atoms with Crippen LogP contribution >= 0.6 is 0 Å². The van der Waals surface area contributed by atoms with Gasteiger partial charge >= 0.3 is 0 Å². The normalized spacial score (nSPS) is 17.9. The highest BCUT2D eigenvalue weighted by atomic mass is 16.1. The van der Waals surface area contributed by atoms with Gasteiger partial charge in [0.1, 0.15) is 0 Å². The fourth-order valence-electron chi connectivity index (χ4n) is 4.02. The van der Waals surface area contributed by atoms with Crippen LogP contribution in [0.25, 0.3) is 0 Å². The highest BCUT2D eigenvalue weighted by Gasteiger charge is 2.26. The summed E-state index contributed by atoms with van der Waals surface area (Å²) in [6.45, 7) is 19.3. The van der Waals surface area contributed by atoms with Crippen molar-refractivity contribution in [3.63, 3.8) is 0 Å². The molecule has 1 aromatic carbocycles. The number of piperidine rings is 1. The molecule has 1 aromatic rings. The molecular weight excluding hydrogens is 380 g/mol. The number of nitrogens with zero attached hydrogens (tertiary/aromatic N) is 1. The van der Waals surface area contributed by atoms with Crippen LogP contribution < -0.4 is 5.32 Å². The van der Waals surface area contributed by atoms with Crippen LogP contribution in [-0.4, -0.2) is 29.9 Å². The van der Waals surface area contributed by atoms with E-state index in [1.807, 2.05) is 18.7 Å². The summed E-state index contributed by atoms with van der Waals surface area (Å²) in [5, 5.41) is 3.66. The molecule has 0 aromatic heterocycles. The third-order valence-electron chi connectivity index (χ3n) is 5.84. The lowest BCUT2D eigenvalue weighted by Crippen LogP contribution is -2.36. The van der Waals surface area contributed by atoms with Crippen LogP contribution in [0, 0.1) is 17.8 Å². The van der Waals surface area contributed by atoms with Gasteiger partial charge in [-0.25, -0.2) is 0 Å². The molecule has 0 spiro atoms. The van der Waals surface area contributed by atoms with Gasteiger partial charge in [-0.1, -0.05) is 85.9 Å². The Morgan fingerprint density at radius 1 is 0.935 bits per heavy atom. The predicted octanol–water partition coefficient (Wildman–Crippen LogP) is 8.02. The number of carbonyl (C=O) groups excluding carboxylic acids is 1. The second-order valence-electron chi connectivity index (χ2n) is 10.1. The van der Waals surface area contributed by atoms with Crippen molar-refractivity contribution in [2.24, 2.45) is 17.8 Å². The average Bonchev–Trinajstić information content (AvgIpc) is 2.76. The monoisotopic (exact) mass is 432 g/mol. The molecule has 1 N–H and O–H groups in total. The molecule has 1 saturated carbocycles. The molecule has 1 aliphatic heterocycles. The van der Waals surface area contributed by atoms with E-state index in [2.05, 4.69) is 77.2 Å². The molecule has 1 heterocycles. The zero-order valence-corrected chi connectivity index (χ0v) is 21.9. The van der Waals surface area contributed by atoms with Crippen molar-refractivity contribution in [2.75, 3.05) is 18.4 Å².